The second kappa shape index (κ2) is 6.23. The van der Waals surface area contributed by atoms with E-state index in [0.29, 0.717) is 20.1 Å². The van der Waals surface area contributed by atoms with Crippen LogP contribution < -0.4 is 5.32 Å². The molecule has 0 bridgehead atoms. The number of hydrogen-bond donors (Lipinski definition) is 1. The molecule has 1 nitrogen and oxygen atoms in total. The van der Waals surface area contributed by atoms with Gasteiger partial charge in [0.2, 0.25) is 0 Å². The van der Waals surface area contributed by atoms with E-state index in [0.717, 1.165) is 5.56 Å². The Bertz CT molecular complexity index is 604. The van der Waals surface area contributed by atoms with Crippen molar-refractivity contribution in [2.75, 3.05) is 7.05 Å². The van der Waals surface area contributed by atoms with Crippen LogP contribution in [0.4, 0.5) is 4.39 Å². The average molecular weight is 363 g/mol. The summed E-state index contributed by atoms with van der Waals surface area (Å²) in [6.45, 7) is 0. The first kappa shape index (κ1) is 14.8. The van der Waals surface area contributed by atoms with Gasteiger partial charge in [-0.3, -0.25) is 0 Å². The van der Waals surface area contributed by atoms with Gasteiger partial charge in [-0.2, -0.15) is 0 Å². The molecule has 1 unspecified atom stereocenters. The number of halogens is 4. The minimum atomic E-state index is -0.285. The second-order valence-corrected chi connectivity index (χ2v) is 5.71. The van der Waals surface area contributed by atoms with E-state index in [2.05, 4.69) is 21.2 Å². The third-order valence-electron chi connectivity index (χ3n) is 2.86. The summed E-state index contributed by atoms with van der Waals surface area (Å²) < 4.78 is 14.6. The first-order valence-corrected chi connectivity index (χ1v) is 7.15. The Kier molecular flexibility index (Phi) is 4.85. The summed E-state index contributed by atoms with van der Waals surface area (Å²) >= 11 is 15.1. The van der Waals surface area contributed by atoms with Crippen molar-refractivity contribution < 1.29 is 4.39 Å². The van der Waals surface area contributed by atoms with Gasteiger partial charge in [0.25, 0.3) is 0 Å². The third-order valence-corrected chi connectivity index (χ3v) is 4.21. The lowest BCUT2D eigenvalue weighted by molar-refractivity contribution is 0.571. The molecule has 2 aromatic rings. The van der Waals surface area contributed by atoms with Gasteiger partial charge in [-0.25, -0.2) is 4.39 Å². The van der Waals surface area contributed by atoms with Gasteiger partial charge >= 0.3 is 0 Å². The Balaban J connectivity index is 2.50. The van der Waals surface area contributed by atoms with Gasteiger partial charge in [0.1, 0.15) is 5.82 Å². The molecule has 0 saturated heterocycles. The average Bonchev–Trinajstić information content (AvgIpc) is 2.39. The zero-order valence-electron chi connectivity index (χ0n) is 10.1. The maximum absolute atomic E-state index is 14.2. The van der Waals surface area contributed by atoms with Gasteiger partial charge in [-0.05, 0) is 46.7 Å². The lowest BCUT2D eigenvalue weighted by Gasteiger charge is -2.19. The highest BCUT2D eigenvalue weighted by molar-refractivity contribution is 9.10. The fourth-order valence-corrected chi connectivity index (χ4v) is 2.63. The molecular weight excluding hydrogens is 352 g/mol. The minimum absolute atomic E-state index is 0.284. The SMILES string of the molecule is CNC(c1ccc(Cl)c(Cl)c1)c1cccc(Br)c1F. The fourth-order valence-electron chi connectivity index (χ4n) is 1.94. The molecule has 0 spiro atoms. The third kappa shape index (κ3) is 3.11. The van der Waals surface area contributed by atoms with Crippen molar-refractivity contribution in [2.24, 2.45) is 0 Å². The molecule has 2 rings (SSSR count). The lowest BCUT2D eigenvalue weighted by atomic mass is 9.98. The summed E-state index contributed by atoms with van der Waals surface area (Å²) in [5.74, 6) is -0.284. The smallest absolute Gasteiger partial charge is 0.142 e. The lowest BCUT2D eigenvalue weighted by Crippen LogP contribution is -2.19. The molecule has 0 fully saturated rings. The van der Waals surface area contributed by atoms with Gasteiger partial charge in [0.05, 0.1) is 20.6 Å². The van der Waals surface area contributed by atoms with E-state index in [1.54, 1.807) is 37.4 Å². The number of nitrogens with one attached hydrogen (secondary N) is 1. The maximum Gasteiger partial charge on any atom is 0.142 e. The predicted octanol–water partition coefficient (Wildman–Crippen LogP) is 5.20. The van der Waals surface area contributed by atoms with Gasteiger partial charge in [0.15, 0.2) is 0 Å². The van der Waals surface area contributed by atoms with Crippen LogP contribution in [0.2, 0.25) is 10.0 Å². The van der Waals surface area contributed by atoms with E-state index in [9.17, 15) is 4.39 Å². The molecule has 0 aliphatic heterocycles. The zero-order valence-corrected chi connectivity index (χ0v) is 13.2. The maximum atomic E-state index is 14.2. The van der Waals surface area contributed by atoms with Crippen molar-refractivity contribution in [3.63, 3.8) is 0 Å². The van der Waals surface area contributed by atoms with E-state index in [1.165, 1.54) is 0 Å². The van der Waals surface area contributed by atoms with E-state index >= 15 is 0 Å². The molecule has 0 heterocycles. The van der Waals surface area contributed by atoms with Crippen LogP contribution in [-0.4, -0.2) is 7.05 Å². The first-order chi connectivity index (χ1) is 9.04. The molecule has 1 N–H and O–H groups in total. The monoisotopic (exact) mass is 361 g/mol. The highest BCUT2D eigenvalue weighted by atomic mass is 79.9. The standard InChI is InChI=1S/C14H11BrCl2FN/c1-19-14(8-5-6-11(16)12(17)7-8)9-3-2-4-10(15)13(9)18/h2-7,14,19H,1H3. The Morgan fingerprint density at radius 1 is 1.16 bits per heavy atom. The molecule has 0 aliphatic rings. The van der Waals surface area contributed by atoms with Gasteiger partial charge in [0, 0.05) is 5.56 Å². The van der Waals surface area contributed by atoms with E-state index in [4.69, 9.17) is 23.2 Å². The number of benzene rings is 2. The fraction of sp³-hybridized carbons (Fsp3) is 0.143. The van der Waals surface area contributed by atoms with Crippen LogP contribution in [0.1, 0.15) is 17.2 Å². The molecular formula is C14H11BrCl2FN. The number of rotatable bonds is 3. The summed E-state index contributed by atoms with van der Waals surface area (Å²) in [6, 6.07) is 10.2. The highest BCUT2D eigenvalue weighted by Gasteiger charge is 2.18. The summed E-state index contributed by atoms with van der Waals surface area (Å²) in [6.07, 6.45) is 0. The van der Waals surface area contributed by atoms with Crippen molar-refractivity contribution in [2.45, 2.75) is 6.04 Å². The van der Waals surface area contributed by atoms with Crippen molar-refractivity contribution in [1.82, 2.24) is 5.32 Å². The highest BCUT2D eigenvalue weighted by Crippen LogP contribution is 2.31. The largest absolute Gasteiger partial charge is 0.309 e. The first-order valence-electron chi connectivity index (χ1n) is 5.60. The molecule has 2 aromatic carbocycles. The Labute approximate surface area is 129 Å². The zero-order chi connectivity index (χ0) is 14.0. The topological polar surface area (TPSA) is 12.0 Å². The van der Waals surface area contributed by atoms with Crippen LogP contribution in [0.25, 0.3) is 0 Å². The van der Waals surface area contributed by atoms with Crippen molar-refractivity contribution >= 4 is 39.1 Å². The van der Waals surface area contributed by atoms with Crippen LogP contribution in [0.15, 0.2) is 40.9 Å². The Hall–Kier alpha value is -0.610. The Morgan fingerprint density at radius 3 is 2.53 bits per heavy atom. The van der Waals surface area contributed by atoms with Crippen LogP contribution in [-0.2, 0) is 0 Å². The van der Waals surface area contributed by atoms with Crippen LogP contribution in [0.5, 0.6) is 0 Å². The summed E-state index contributed by atoms with van der Waals surface area (Å²) in [4.78, 5) is 0. The van der Waals surface area contributed by atoms with Crippen molar-refractivity contribution in [1.29, 1.82) is 0 Å². The molecule has 1 atom stereocenters. The quantitative estimate of drug-likeness (QED) is 0.790. The molecule has 0 aromatic heterocycles. The van der Waals surface area contributed by atoms with Crippen LogP contribution >= 0.6 is 39.1 Å². The molecule has 0 radical (unpaired) electrons. The van der Waals surface area contributed by atoms with E-state index in [-0.39, 0.29) is 11.9 Å². The van der Waals surface area contributed by atoms with Gasteiger partial charge < -0.3 is 5.32 Å². The van der Waals surface area contributed by atoms with E-state index < -0.39 is 0 Å². The van der Waals surface area contributed by atoms with Gasteiger partial charge in [-0.15, -0.1) is 0 Å². The molecule has 0 aliphatic carbocycles. The second-order valence-electron chi connectivity index (χ2n) is 4.04. The van der Waals surface area contributed by atoms with Crippen molar-refractivity contribution in [3.8, 4) is 0 Å². The van der Waals surface area contributed by atoms with Crippen molar-refractivity contribution in [3.05, 3.63) is 67.9 Å². The van der Waals surface area contributed by atoms with E-state index in [1.807, 2.05) is 6.07 Å². The number of hydrogen-bond acceptors (Lipinski definition) is 1. The molecule has 19 heavy (non-hydrogen) atoms. The summed E-state index contributed by atoms with van der Waals surface area (Å²) in [5, 5.41) is 4.02. The Morgan fingerprint density at radius 2 is 1.89 bits per heavy atom. The van der Waals surface area contributed by atoms with Crippen LogP contribution in [0.3, 0.4) is 0 Å². The normalized spacial score (nSPS) is 12.5. The van der Waals surface area contributed by atoms with Gasteiger partial charge in [-0.1, -0.05) is 41.4 Å². The minimum Gasteiger partial charge on any atom is -0.309 e. The molecule has 0 saturated carbocycles. The molecule has 100 valence electrons. The predicted molar refractivity (Wildman–Crippen MR) is 81.5 cm³/mol. The molecule has 5 heteroatoms. The van der Waals surface area contributed by atoms with Crippen LogP contribution in [0, 0.1) is 5.82 Å². The summed E-state index contributed by atoms with van der Waals surface area (Å²) in [7, 11) is 1.77. The summed E-state index contributed by atoms with van der Waals surface area (Å²) in [5.41, 5.74) is 1.41. The molecule has 0 amide bonds.